The molecule has 0 spiro atoms. The Morgan fingerprint density at radius 2 is 1.55 bits per heavy atom. The summed E-state index contributed by atoms with van der Waals surface area (Å²) in [6.07, 6.45) is 0. The summed E-state index contributed by atoms with van der Waals surface area (Å²) in [6, 6.07) is 23.9. The van der Waals surface area contributed by atoms with Crippen molar-refractivity contribution < 1.29 is 14.8 Å². The van der Waals surface area contributed by atoms with Crippen molar-refractivity contribution in [2.24, 2.45) is 0 Å². The molecule has 6 nitrogen and oxygen atoms in total. The summed E-state index contributed by atoms with van der Waals surface area (Å²) in [5.41, 5.74) is 6.06. The molecule has 0 bridgehead atoms. The Labute approximate surface area is 183 Å². The fourth-order valence-corrected chi connectivity index (χ4v) is 3.92. The van der Waals surface area contributed by atoms with Crippen LogP contribution in [0.1, 0.15) is 26.4 Å². The van der Waals surface area contributed by atoms with Crippen LogP contribution >= 0.6 is 11.3 Å². The van der Waals surface area contributed by atoms with Gasteiger partial charge in [-0.1, -0.05) is 54.6 Å². The molecule has 3 aromatic carbocycles. The second kappa shape index (κ2) is 9.34. The van der Waals surface area contributed by atoms with E-state index in [1.807, 2.05) is 47.8 Å². The topological polar surface area (TPSA) is 91.3 Å². The molecule has 7 heteroatoms. The van der Waals surface area contributed by atoms with Crippen molar-refractivity contribution >= 4 is 23.2 Å². The van der Waals surface area contributed by atoms with E-state index in [4.69, 9.17) is 5.21 Å². The van der Waals surface area contributed by atoms with E-state index in [9.17, 15) is 9.59 Å². The Kier molecular flexibility index (Phi) is 6.16. The Hall–Kier alpha value is -3.81. The minimum atomic E-state index is -0.572. The Bertz CT molecular complexity index is 1200. The number of carbonyl (C=O) groups excluding carboxylic acids is 2. The zero-order valence-corrected chi connectivity index (χ0v) is 17.2. The second-order valence-corrected chi connectivity index (χ2v) is 7.65. The lowest BCUT2D eigenvalue weighted by atomic mass is 10.0. The average molecular weight is 430 g/mol. The number of thiazole rings is 1. The van der Waals surface area contributed by atoms with E-state index in [2.05, 4.69) is 10.3 Å². The van der Waals surface area contributed by atoms with Crippen LogP contribution in [-0.2, 0) is 6.54 Å². The molecular weight excluding hydrogens is 410 g/mol. The van der Waals surface area contributed by atoms with Gasteiger partial charge in [0.05, 0.1) is 12.2 Å². The fourth-order valence-electron chi connectivity index (χ4n) is 3.09. The third-order valence-electron chi connectivity index (χ3n) is 4.71. The van der Waals surface area contributed by atoms with Gasteiger partial charge in [0.1, 0.15) is 5.01 Å². The van der Waals surface area contributed by atoms with Gasteiger partial charge in [-0.2, -0.15) is 0 Å². The molecule has 0 unspecified atom stereocenters. The van der Waals surface area contributed by atoms with Crippen LogP contribution in [0.5, 0.6) is 0 Å². The van der Waals surface area contributed by atoms with E-state index in [-0.39, 0.29) is 5.91 Å². The number of hydrogen-bond acceptors (Lipinski definition) is 5. The number of aromatic nitrogens is 1. The fraction of sp³-hybridized carbons (Fsp3) is 0.0417. The highest BCUT2D eigenvalue weighted by Gasteiger charge is 2.10. The third-order valence-corrected chi connectivity index (χ3v) is 5.65. The molecule has 0 saturated carbocycles. The summed E-state index contributed by atoms with van der Waals surface area (Å²) in [6.45, 7) is 0.345. The van der Waals surface area contributed by atoms with Crippen molar-refractivity contribution in [3.8, 4) is 21.7 Å². The summed E-state index contributed by atoms with van der Waals surface area (Å²) in [7, 11) is 0. The second-order valence-electron chi connectivity index (χ2n) is 6.79. The largest absolute Gasteiger partial charge is 0.346 e. The number of hydroxylamine groups is 1. The SMILES string of the molecule is O=C(NO)c1ccc(-c2cccc(C(=O)NCc3csc(-c4ccccc4)n3)c2)cc1. The van der Waals surface area contributed by atoms with Gasteiger partial charge in [0, 0.05) is 22.1 Å². The molecule has 154 valence electrons. The van der Waals surface area contributed by atoms with Crippen molar-refractivity contribution in [3.05, 3.63) is 101 Å². The van der Waals surface area contributed by atoms with Gasteiger partial charge in [-0.15, -0.1) is 11.3 Å². The highest BCUT2D eigenvalue weighted by atomic mass is 32.1. The molecule has 0 radical (unpaired) electrons. The first-order valence-corrected chi connectivity index (χ1v) is 10.4. The maximum Gasteiger partial charge on any atom is 0.274 e. The summed E-state index contributed by atoms with van der Waals surface area (Å²) in [5.74, 6) is -0.760. The van der Waals surface area contributed by atoms with Gasteiger partial charge in [-0.05, 0) is 35.4 Å². The van der Waals surface area contributed by atoms with Gasteiger partial charge >= 0.3 is 0 Å². The highest BCUT2D eigenvalue weighted by molar-refractivity contribution is 7.13. The molecule has 2 amide bonds. The molecule has 0 aliphatic carbocycles. The summed E-state index contributed by atoms with van der Waals surface area (Å²) < 4.78 is 0. The first-order chi connectivity index (χ1) is 15.1. The van der Waals surface area contributed by atoms with Crippen molar-refractivity contribution in [2.75, 3.05) is 0 Å². The van der Waals surface area contributed by atoms with Gasteiger partial charge in [0.15, 0.2) is 0 Å². The molecule has 3 N–H and O–H groups in total. The maximum atomic E-state index is 12.6. The van der Waals surface area contributed by atoms with Crippen molar-refractivity contribution in [2.45, 2.75) is 6.54 Å². The smallest absolute Gasteiger partial charge is 0.274 e. The number of nitrogens with zero attached hydrogens (tertiary/aromatic N) is 1. The van der Waals surface area contributed by atoms with Crippen LogP contribution in [0, 0.1) is 0 Å². The van der Waals surface area contributed by atoms with Crippen molar-refractivity contribution in [1.29, 1.82) is 0 Å². The van der Waals surface area contributed by atoms with Crippen LogP contribution in [0.25, 0.3) is 21.7 Å². The average Bonchev–Trinajstić information content (AvgIpc) is 3.32. The van der Waals surface area contributed by atoms with Gasteiger partial charge in [0.25, 0.3) is 11.8 Å². The molecule has 1 aromatic heterocycles. The molecule has 0 atom stereocenters. The standard InChI is InChI=1S/C24H19N3O3S/c28-22(25-14-21-15-31-24(26-21)18-5-2-1-3-6-18)20-8-4-7-19(13-20)16-9-11-17(12-10-16)23(29)27-30/h1-13,15,30H,14H2,(H,25,28)(H,27,29). The molecule has 1 heterocycles. The lowest BCUT2D eigenvalue weighted by Gasteiger charge is -2.07. The third kappa shape index (κ3) is 4.85. The van der Waals surface area contributed by atoms with E-state index < -0.39 is 5.91 Å². The van der Waals surface area contributed by atoms with Crippen molar-refractivity contribution in [3.63, 3.8) is 0 Å². The molecule has 0 fully saturated rings. The van der Waals surface area contributed by atoms with Gasteiger partial charge in [-0.25, -0.2) is 10.5 Å². The molecule has 0 aliphatic rings. The monoisotopic (exact) mass is 429 g/mol. The van der Waals surface area contributed by atoms with E-state index in [1.165, 1.54) is 0 Å². The quantitative estimate of drug-likeness (QED) is 0.310. The zero-order valence-electron chi connectivity index (χ0n) is 16.4. The lowest BCUT2D eigenvalue weighted by molar-refractivity contribution is 0.0706. The van der Waals surface area contributed by atoms with Crippen LogP contribution in [0.2, 0.25) is 0 Å². The van der Waals surface area contributed by atoms with Crippen LogP contribution in [0.15, 0.2) is 84.2 Å². The van der Waals surface area contributed by atoms with Crippen LogP contribution in [0.3, 0.4) is 0 Å². The van der Waals surface area contributed by atoms with Crippen molar-refractivity contribution in [1.82, 2.24) is 15.8 Å². The predicted octanol–water partition coefficient (Wildman–Crippen LogP) is 4.53. The summed E-state index contributed by atoms with van der Waals surface area (Å²) in [5, 5.41) is 14.5. The molecular formula is C24H19N3O3S. The number of amides is 2. The molecule has 0 aliphatic heterocycles. The highest BCUT2D eigenvalue weighted by Crippen LogP contribution is 2.24. The normalized spacial score (nSPS) is 10.5. The van der Waals surface area contributed by atoms with Gasteiger partial charge in [0.2, 0.25) is 0 Å². The molecule has 4 aromatic rings. The van der Waals surface area contributed by atoms with E-state index >= 15 is 0 Å². The van der Waals surface area contributed by atoms with Gasteiger partial charge in [-0.3, -0.25) is 14.8 Å². The predicted molar refractivity (Wildman–Crippen MR) is 120 cm³/mol. The first-order valence-electron chi connectivity index (χ1n) is 9.57. The number of benzene rings is 3. The lowest BCUT2D eigenvalue weighted by Crippen LogP contribution is -2.22. The Balaban J connectivity index is 1.43. The number of carbonyl (C=O) groups is 2. The van der Waals surface area contributed by atoms with Gasteiger partial charge < -0.3 is 5.32 Å². The summed E-state index contributed by atoms with van der Waals surface area (Å²) >= 11 is 1.55. The molecule has 0 saturated heterocycles. The Morgan fingerprint density at radius 1 is 0.806 bits per heavy atom. The first kappa shape index (κ1) is 20.5. The van der Waals surface area contributed by atoms with Crippen LogP contribution in [-0.4, -0.2) is 22.0 Å². The van der Waals surface area contributed by atoms with E-state index in [0.29, 0.717) is 17.7 Å². The van der Waals surface area contributed by atoms with Crippen LogP contribution in [0.4, 0.5) is 0 Å². The summed E-state index contributed by atoms with van der Waals surface area (Å²) in [4.78, 5) is 28.7. The number of nitrogens with one attached hydrogen (secondary N) is 2. The van der Waals surface area contributed by atoms with E-state index in [0.717, 1.165) is 27.4 Å². The Morgan fingerprint density at radius 3 is 2.29 bits per heavy atom. The number of hydrogen-bond donors (Lipinski definition) is 3. The van der Waals surface area contributed by atoms with E-state index in [1.54, 1.807) is 53.2 Å². The number of rotatable bonds is 6. The minimum Gasteiger partial charge on any atom is -0.346 e. The molecule has 4 rings (SSSR count). The molecule has 31 heavy (non-hydrogen) atoms. The maximum absolute atomic E-state index is 12.6. The van der Waals surface area contributed by atoms with Crippen LogP contribution < -0.4 is 10.8 Å². The zero-order chi connectivity index (χ0) is 21.6. The minimum absolute atomic E-state index is 0.188.